The Kier molecular flexibility index (Phi) is 6.78. The van der Waals surface area contributed by atoms with Gasteiger partial charge in [-0.3, -0.25) is 0 Å². The Balaban J connectivity index is 2.67. The second-order valence-electron chi connectivity index (χ2n) is 3.65. The summed E-state index contributed by atoms with van der Waals surface area (Å²) in [5.74, 6) is -0.227. The SMILES string of the molecule is COCCOc1c(F)cccc1NCC(O)CCl. The highest BCUT2D eigenvalue weighted by molar-refractivity contribution is 6.18. The van der Waals surface area contributed by atoms with E-state index in [0.717, 1.165) is 0 Å². The number of hydrogen-bond acceptors (Lipinski definition) is 4. The highest BCUT2D eigenvalue weighted by Crippen LogP contribution is 2.27. The number of benzene rings is 1. The van der Waals surface area contributed by atoms with Gasteiger partial charge in [-0.25, -0.2) is 4.39 Å². The first-order valence-electron chi connectivity index (χ1n) is 5.57. The molecule has 6 heteroatoms. The second-order valence-corrected chi connectivity index (χ2v) is 3.96. The third kappa shape index (κ3) is 4.68. The molecule has 102 valence electrons. The van der Waals surface area contributed by atoms with Crippen LogP contribution >= 0.6 is 11.6 Å². The van der Waals surface area contributed by atoms with Crippen LogP contribution in [0.1, 0.15) is 0 Å². The monoisotopic (exact) mass is 277 g/mol. The topological polar surface area (TPSA) is 50.7 Å². The predicted octanol–water partition coefficient (Wildman–Crippen LogP) is 1.86. The zero-order chi connectivity index (χ0) is 13.4. The van der Waals surface area contributed by atoms with Crippen molar-refractivity contribution in [2.45, 2.75) is 6.10 Å². The fourth-order valence-corrected chi connectivity index (χ4v) is 1.41. The molecule has 0 saturated carbocycles. The van der Waals surface area contributed by atoms with Crippen LogP contribution in [0.2, 0.25) is 0 Å². The van der Waals surface area contributed by atoms with Gasteiger partial charge in [-0.1, -0.05) is 6.07 Å². The summed E-state index contributed by atoms with van der Waals surface area (Å²) in [4.78, 5) is 0. The molecule has 1 aromatic carbocycles. The van der Waals surface area contributed by atoms with E-state index in [1.807, 2.05) is 0 Å². The van der Waals surface area contributed by atoms with E-state index in [1.165, 1.54) is 6.07 Å². The molecular formula is C12H17ClFNO3. The maximum absolute atomic E-state index is 13.6. The lowest BCUT2D eigenvalue weighted by Crippen LogP contribution is -2.21. The average molecular weight is 278 g/mol. The first-order valence-corrected chi connectivity index (χ1v) is 6.10. The van der Waals surface area contributed by atoms with Gasteiger partial charge in [0, 0.05) is 13.7 Å². The number of ether oxygens (including phenoxy) is 2. The number of halogens is 2. The minimum absolute atomic E-state index is 0.113. The number of methoxy groups -OCH3 is 1. The van der Waals surface area contributed by atoms with Crippen molar-refractivity contribution in [3.63, 3.8) is 0 Å². The van der Waals surface area contributed by atoms with Gasteiger partial charge < -0.3 is 19.9 Å². The van der Waals surface area contributed by atoms with Crippen LogP contribution in [0.25, 0.3) is 0 Å². The largest absolute Gasteiger partial charge is 0.486 e. The van der Waals surface area contributed by atoms with E-state index in [0.29, 0.717) is 12.3 Å². The molecule has 0 aliphatic carbocycles. The third-order valence-corrected chi connectivity index (χ3v) is 2.56. The minimum atomic E-state index is -0.693. The molecule has 0 aromatic heterocycles. The Hall–Kier alpha value is -1.04. The standard InChI is InChI=1S/C12H17ClFNO3/c1-17-5-6-18-12-10(14)3-2-4-11(12)15-8-9(16)7-13/h2-4,9,15-16H,5-8H2,1H3. The van der Waals surface area contributed by atoms with Crippen molar-refractivity contribution in [2.24, 2.45) is 0 Å². The lowest BCUT2D eigenvalue weighted by atomic mass is 10.2. The number of alkyl halides is 1. The highest BCUT2D eigenvalue weighted by atomic mass is 35.5. The van der Waals surface area contributed by atoms with Gasteiger partial charge in [0.1, 0.15) is 6.61 Å². The molecule has 1 rings (SSSR count). The van der Waals surface area contributed by atoms with Gasteiger partial charge in [-0.15, -0.1) is 11.6 Å². The maximum Gasteiger partial charge on any atom is 0.178 e. The second kappa shape index (κ2) is 8.13. The van der Waals surface area contributed by atoms with Crippen LogP contribution in [0.5, 0.6) is 5.75 Å². The summed E-state index contributed by atoms with van der Waals surface area (Å²) in [6, 6.07) is 4.55. The molecule has 1 aromatic rings. The average Bonchev–Trinajstić information content (AvgIpc) is 2.38. The van der Waals surface area contributed by atoms with E-state index in [1.54, 1.807) is 19.2 Å². The van der Waals surface area contributed by atoms with Crippen LogP contribution in [-0.4, -0.2) is 44.0 Å². The molecule has 0 saturated heterocycles. The molecule has 1 atom stereocenters. The number of rotatable bonds is 8. The normalized spacial score (nSPS) is 12.2. The summed E-state index contributed by atoms with van der Waals surface area (Å²) < 4.78 is 23.7. The van der Waals surface area contributed by atoms with Gasteiger partial charge in [0.15, 0.2) is 11.6 Å². The summed E-state index contributed by atoms with van der Waals surface area (Å²) in [5.41, 5.74) is 0.482. The van der Waals surface area contributed by atoms with Gasteiger partial charge in [0.2, 0.25) is 0 Å². The summed E-state index contributed by atoms with van der Waals surface area (Å²) in [7, 11) is 1.54. The highest BCUT2D eigenvalue weighted by Gasteiger charge is 2.11. The van der Waals surface area contributed by atoms with Gasteiger partial charge in [0.05, 0.1) is 24.3 Å². The molecule has 0 amide bonds. The van der Waals surface area contributed by atoms with Crippen molar-refractivity contribution in [3.05, 3.63) is 24.0 Å². The van der Waals surface area contributed by atoms with Gasteiger partial charge in [-0.05, 0) is 12.1 Å². The Labute approximate surface area is 111 Å². The quantitative estimate of drug-likeness (QED) is 0.563. The van der Waals surface area contributed by atoms with Crippen LogP contribution in [0, 0.1) is 5.82 Å². The molecule has 2 N–H and O–H groups in total. The minimum Gasteiger partial charge on any atom is -0.486 e. The van der Waals surface area contributed by atoms with Gasteiger partial charge >= 0.3 is 0 Å². The van der Waals surface area contributed by atoms with E-state index in [9.17, 15) is 9.50 Å². The van der Waals surface area contributed by atoms with Crippen LogP contribution < -0.4 is 10.1 Å². The fraction of sp³-hybridized carbons (Fsp3) is 0.500. The van der Waals surface area contributed by atoms with Gasteiger partial charge in [-0.2, -0.15) is 0 Å². The summed E-state index contributed by atoms with van der Waals surface area (Å²) in [6.45, 7) is 0.857. The van der Waals surface area contributed by atoms with Crippen LogP contribution in [-0.2, 0) is 4.74 Å². The van der Waals surface area contributed by atoms with Crippen LogP contribution in [0.4, 0.5) is 10.1 Å². The molecule has 18 heavy (non-hydrogen) atoms. The van der Waals surface area contributed by atoms with Crippen molar-refractivity contribution in [1.82, 2.24) is 0 Å². The van der Waals surface area contributed by atoms with E-state index < -0.39 is 11.9 Å². The van der Waals surface area contributed by atoms with Crippen LogP contribution in [0.15, 0.2) is 18.2 Å². The first kappa shape index (κ1) is 15.0. The van der Waals surface area contributed by atoms with Crippen molar-refractivity contribution >= 4 is 17.3 Å². The fourth-order valence-electron chi connectivity index (χ4n) is 1.30. The van der Waals surface area contributed by atoms with E-state index >= 15 is 0 Å². The van der Waals surface area contributed by atoms with Gasteiger partial charge in [0.25, 0.3) is 0 Å². The van der Waals surface area contributed by atoms with Crippen LogP contribution in [0.3, 0.4) is 0 Å². The van der Waals surface area contributed by atoms with E-state index in [-0.39, 0.29) is 24.8 Å². The Morgan fingerprint density at radius 2 is 2.22 bits per heavy atom. The summed E-state index contributed by atoms with van der Waals surface area (Å²) in [6.07, 6.45) is -0.693. The molecule has 0 bridgehead atoms. The molecule has 0 fully saturated rings. The lowest BCUT2D eigenvalue weighted by Gasteiger charge is -2.15. The maximum atomic E-state index is 13.6. The molecule has 0 radical (unpaired) electrons. The number of aliphatic hydroxyl groups excluding tert-OH is 1. The van der Waals surface area contributed by atoms with Crippen molar-refractivity contribution < 1.29 is 19.0 Å². The molecule has 0 heterocycles. The Morgan fingerprint density at radius 1 is 1.44 bits per heavy atom. The summed E-state index contributed by atoms with van der Waals surface area (Å²) >= 11 is 5.48. The van der Waals surface area contributed by atoms with Crippen molar-refractivity contribution in [2.75, 3.05) is 38.1 Å². The number of nitrogens with one attached hydrogen (secondary N) is 1. The van der Waals surface area contributed by atoms with E-state index in [2.05, 4.69) is 5.32 Å². The first-order chi connectivity index (χ1) is 8.69. The summed E-state index contributed by atoms with van der Waals surface area (Å²) in [5, 5.41) is 12.2. The lowest BCUT2D eigenvalue weighted by molar-refractivity contribution is 0.144. The van der Waals surface area contributed by atoms with E-state index in [4.69, 9.17) is 21.1 Å². The number of anilines is 1. The molecule has 1 unspecified atom stereocenters. The zero-order valence-electron chi connectivity index (χ0n) is 10.2. The molecule has 4 nitrogen and oxygen atoms in total. The zero-order valence-corrected chi connectivity index (χ0v) is 10.9. The Morgan fingerprint density at radius 3 is 2.89 bits per heavy atom. The van der Waals surface area contributed by atoms with Crippen molar-refractivity contribution in [3.8, 4) is 5.75 Å². The number of aliphatic hydroxyl groups is 1. The molecule has 0 aliphatic heterocycles. The predicted molar refractivity (Wildman–Crippen MR) is 69.0 cm³/mol. The molecular weight excluding hydrogens is 261 g/mol. The van der Waals surface area contributed by atoms with Crippen molar-refractivity contribution in [1.29, 1.82) is 0 Å². The molecule has 0 aliphatic rings. The number of para-hydroxylation sites is 1. The number of hydrogen-bond donors (Lipinski definition) is 2. The molecule has 0 spiro atoms. The third-order valence-electron chi connectivity index (χ3n) is 2.21. The Bertz CT molecular complexity index is 365. The smallest absolute Gasteiger partial charge is 0.178 e.